The number of nitrogens with one attached hydrogen (secondary N) is 1. The van der Waals surface area contributed by atoms with E-state index < -0.39 is 35.7 Å². The highest BCUT2D eigenvalue weighted by Crippen LogP contribution is 2.51. The Morgan fingerprint density at radius 3 is 2.48 bits per heavy atom. The molecule has 11 atom stereocenters. The van der Waals surface area contributed by atoms with Gasteiger partial charge in [-0.15, -0.1) is 0 Å². The molecule has 0 aromatic heterocycles. The van der Waals surface area contributed by atoms with E-state index in [1.54, 1.807) is 0 Å². The van der Waals surface area contributed by atoms with Crippen LogP contribution in [0.3, 0.4) is 0 Å². The molecule has 6 fully saturated rings. The molecule has 2 amide bonds. The van der Waals surface area contributed by atoms with Crippen molar-refractivity contribution in [3.8, 4) is 0 Å². The zero-order chi connectivity index (χ0) is 35.3. The summed E-state index contributed by atoms with van der Waals surface area (Å²) in [5, 5.41) is 2.94. The number of aliphatic imine (C=N–C) groups is 1. The number of morpholine rings is 1. The maximum absolute atomic E-state index is 16.8. The number of halogens is 1. The summed E-state index contributed by atoms with van der Waals surface area (Å²) >= 11 is 0. The minimum absolute atomic E-state index is 0.0395. The van der Waals surface area contributed by atoms with Gasteiger partial charge < -0.3 is 36.1 Å². The van der Waals surface area contributed by atoms with Gasteiger partial charge in [-0.05, 0) is 83.5 Å². The maximum Gasteiger partial charge on any atom is 0.410 e. The summed E-state index contributed by atoms with van der Waals surface area (Å²) in [7, 11) is 0. The molecule has 4 heterocycles. The lowest BCUT2D eigenvalue weighted by Crippen LogP contribution is -2.73. The molecular weight excluding hydrogens is 641 g/mol. The van der Waals surface area contributed by atoms with Gasteiger partial charge in [0.05, 0.1) is 41.9 Å². The molecule has 0 radical (unpaired) electrons. The van der Waals surface area contributed by atoms with Crippen LogP contribution in [0.25, 0.3) is 0 Å². The smallest absolute Gasteiger partial charge is 0.410 e. The van der Waals surface area contributed by atoms with Crippen LogP contribution < -0.4 is 16.8 Å². The Balaban J connectivity index is 1.14. The highest BCUT2D eigenvalue weighted by molar-refractivity contribution is 6.20. The van der Waals surface area contributed by atoms with Crippen molar-refractivity contribution in [1.29, 1.82) is 0 Å². The molecule has 278 valence electrons. The van der Waals surface area contributed by atoms with Crippen LogP contribution in [-0.4, -0.2) is 119 Å². The molecule has 3 saturated carbocycles. The number of alkyl halides is 1. The number of unbranched alkanes of at least 4 members (excludes halogenated alkanes) is 1. The summed E-state index contributed by atoms with van der Waals surface area (Å²) in [6.07, 6.45) is 9.69. The monoisotopic (exact) mass is 699 g/mol. The number of hydrogen-bond donors (Lipinski definition) is 3. The second-order valence-corrected chi connectivity index (χ2v) is 17.0. The van der Waals surface area contributed by atoms with Gasteiger partial charge in [0.1, 0.15) is 11.8 Å². The van der Waals surface area contributed by atoms with E-state index in [1.807, 2.05) is 31.9 Å². The number of fused-ring (bicyclic) bond motifs is 4. The first-order chi connectivity index (χ1) is 23.9. The highest BCUT2D eigenvalue weighted by Gasteiger charge is 2.61. The van der Waals surface area contributed by atoms with Gasteiger partial charge in [0.25, 0.3) is 5.91 Å². The summed E-state index contributed by atoms with van der Waals surface area (Å²) in [5.74, 6) is 0.124. The van der Waals surface area contributed by atoms with E-state index >= 15 is 4.39 Å². The van der Waals surface area contributed by atoms with Gasteiger partial charge in [-0.25, -0.2) is 9.18 Å². The highest BCUT2D eigenvalue weighted by atomic mass is 19.1. The molecule has 4 aliphatic heterocycles. The van der Waals surface area contributed by atoms with Gasteiger partial charge in [0.2, 0.25) is 0 Å². The molecule has 0 bridgehead atoms. The molecule has 0 spiro atoms. The maximum atomic E-state index is 16.8. The van der Waals surface area contributed by atoms with Gasteiger partial charge in [-0.1, -0.05) is 25.7 Å². The van der Waals surface area contributed by atoms with Gasteiger partial charge in [0, 0.05) is 44.8 Å². The largest absolute Gasteiger partial charge is 0.444 e. The normalized spacial score (nSPS) is 38.2. The molecule has 7 aliphatic rings. The number of amides is 2. The SMILES string of the molecule is CC(C)(C)OC(=O)N1CCCC2CN(C3C(F)CC4C(=O)C(C(=O)NCCCCN=C(N)N)=CN5C6CC7CCCCC7CC6OC3C45)CC21. The van der Waals surface area contributed by atoms with E-state index in [2.05, 4.69) is 20.1 Å². The molecule has 3 aliphatic carbocycles. The lowest BCUT2D eigenvalue weighted by molar-refractivity contribution is -0.220. The third-order valence-electron chi connectivity index (χ3n) is 12.7. The van der Waals surface area contributed by atoms with Crippen LogP contribution in [0.2, 0.25) is 0 Å². The molecule has 13 heteroatoms. The Kier molecular flexibility index (Phi) is 10.1. The number of hydrogen-bond acceptors (Lipinski definition) is 8. The first-order valence-electron chi connectivity index (χ1n) is 19.3. The summed E-state index contributed by atoms with van der Waals surface area (Å²) in [6.45, 7) is 8.39. The third kappa shape index (κ3) is 6.97. The van der Waals surface area contributed by atoms with Crippen molar-refractivity contribution in [2.45, 2.75) is 140 Å². The van der Waals surface area contributed by atoms with Gasteiger partial charge in [-0.2, -0.15) is 0 Å². The quantitative estimate of drug-likeness (QED) is 0.157. The van der Waals surface area contributed by atoms with E-state index in [-0.39, 0.29) is 60.0 Å². The number of nitrogens with zero attached hydrogens (tertiary/aromatic N) is 4. The molecule has 12 nitrogen and oxygen atoms in total. The summed E-state index contributed by atoms with van der Waals surface area (Å²) < 4.78 is 29.7. The Morgan fingerprint density at radius 1 is 1.00 bits per heavy atom. The predicted octanol–water partition coefficient (Wildman–Crippen LogP) is 3.09. The van der Waals surface area contributed by atoms with Crippen LogP contribution in [0.5, 0.6) is 0 Å². The number of nitrogens with two attached hydrogens (primary N) is 2. The lowest BCUT2D eigenvalue weighted by atomic mass is 9.64. The minimum atomic E-state index is -1.30. The molecule has 0 aromatic carbocycles. The summed E-state index contributed by atoms with van der Waals surface area (Å²) in [6, 6.07) is -0.858. The van der Waals surface area contributed by atoms with Crippen molar-refractivity contribution in [2.75, 3.05) is 32.7 Å². The second kappa shape index (κ2) is 14.2. The first kappa shape index (κ1) is 35.5. The Morgan fingerprint density at radius 2 is 1.74 bits per heavy atom. The van der Waals surface area contributed by atoms with Crippen LogP contribution in [0, 0.1) is 23.7 Å². The van der Waals surface area contributed by atoms with Crippen molar-refractivity contribution in [1.82, 2.24) is 20.0 Å². The van der Waals surface area contributed by atoms with Crippen LogP contribution in [0.15, 0.2) is 16.8 Å². The summed E-state index contributed by atoms with van der Waals surface area (Å²) in [5.41, 5.74) is 10.4. The number of rotatable bonds is 7. The minimum Gasteiger partial charge on any atom is -0.444 e. The topological polar surface area (TPSA) is 156 Å². The number of ketones is 1. The van der Waals surface area contributed by atoms with E-state index in [1.165, 1.54) is 25.7 Å². The van der Waals surface area contributed by atoms with Crippen molar-refractivity contribution in [3.63, 3.8) is 0 Å². The second-order valence-electron chi connectivity index (χ2n) is 17.0. The van der Waals surface area contributed by atoms with E-state index in [0.717, 1.165) is 25.7 Å². The fraction of sp³-hybridized carbons (Fsp3) is 0.838. The fourth-order valence-corrected chi connectivity index (χ4v) is 10.6. The predicted molar refractivity (Wildman–Crippen MR) is 187 cm³/mol. The number of Topliss-reactive ketones (excluding diaryl/α,β-unsaturated/α-hetero) is 1. The molecule has 5 N–H and O–H groups in total. The molecule has 0 aromatic rings. The Hall–Kier alpha value is -2.93. The van der Waals surface area contributed by atoms with E-state index in [9.17, 15) is 14.4 Å². The zero-order valence-electron chi connectivity index (χ0n) is 30.1. The Labute approximate surface area is 295 Å². The van der Waals surface area contributed by atoms with Gasteiger partial charge in [-0.3, -0.25) is 19.5 Å². The van der Waals surface area contributed by atoms with Crippen molar-refractivity contribution in [2.24, 2.45) is 40.1 Å². The number of ether oxygens (including phenoxy) is 2. The van der Waals surface area contributed by atoms with Gasteiger partial charge >= 0.3 is 6.09 Å². The zero-order valence-corrected chi connectivity index (χ0v) is 30.1. The average molecular weight is 700 g/mol. The molecule has 50 heavy (non-hydrogen) atoms. The molecular formula is C37H58FN7O5. The Bertz CT molecular complexity index is 1370. The molecule has 3 saturated heterocycles. The number of likely N-dealkylation sites (tertiary alicyclic amines) is 2. The van der Waals surface area contributed by atoms with Crippen LogP contribution in [-0.2, 0) is 19.1 Å². The average Bonchev–Trinajstić information content (AvgIpc) is 3.49. The van der Waals surface area contributed by atoms with Gasteiger partial charge in [0.15, 0.2) is 11.7 Å². The molecule has 11 unspecified atom stereocenters. The summed E-state index contributed by atoms with van der Waals surface area (Å²) in [4.78, 5) is 51.4. The fourth-order valence-electron chi connectivity index (χ4n) is 10.6. The van der Waals surface area contributed by atoms with Crippen LogP contribution >= 0.6 is 0 Å². The molecule has 7 rings (SSSR count). The number of piperidine rings is 1. The van der Waals surface area contributed by atoms with Crippen molar-refractivity contribution < 1.29 is 28.2 Å². The van der Waals surface area contributed by atoms with Crippen molar-refractivity contribution >= 4 is 23.7 Å². The number of guanidine groups is 1. The first-order valence-corrected chi connectivity index (χ1v) is 19.3. The lowest BCUT2D eigenvalue weighted by Gasteiger charge is -2.61. The van der Waals surface area contributed by atoms with Crippen molar-refractivity contribution in [3.05, 3.63) is 11.8 Å². The standard InChI is InChI=1S/C37H58FN7O5/c1-37(2,3)50-36(48)44-14-8-11-23-18-43(20-28(23)44)31-26(38)17-24-30-33(31)49-29-16-22-10-5-4-9-21(22)15-27(29)45(30)19-25(32(24)46)34(47)41-12-6-7-13-42-35(39)40/h19,21-24,26-31,33H,4-18,20H2,1-3H3,(H,41,47)(H4,39,40,42). The third-order valence-corrected chi connectivity index (χ3v) is 12.7. The van der Waals surface area contributed by atoms with E-state index in [4.69, 9.17) is 20.9 Å². The van der Waals surface area contributed by atoms with Crippen LogP contribution in [0.1, 0.15) is 91.4 Å². The number of carbonyl (C=O) groups excluding carboxylic acids is 3. The number of carbonyl (C=O) groups is 3. The van der Waals surface area contributed by atoms with E-state index in [0.29, 0.717) is 57.4 Å². The van der Waals surface area contributed by atoms with Crippen LogP contribution in [0.4, 0.5) is 9.18 Å².